The van der Waals surface area contributed by atoms with Crippen molar-refractivity contribution < 1.29 is 9.72 Å². The predicted octanol–water partition coefficient (Wildman–Crippen LogP) is 3.62. The van der Waals surface area contributed by atoms with Crippen LogP contribution in [0.15, 0.2) is 47.6 Å². The van der Waals surface area contributed by atoms with Crippen molar-refractivity contribution >= 4 is 17.3 Å². The Morgan fingerprint density at radius 2 is 1.79 bits per heavy atom. The second-order valence-electron chi connectivity index (χ2n) is 5.45. The summed E-state index contributed by atoms with van der Waals surface area (Å²) < 4.78 is 0. The molecule has 0 bridgehead atoms. The van der Waals surface area contributed by atoms with Gasteiger partial charge in [0.15, 0.2) is 0 Å². The minimum absolute atomic E-state index is 0.0847. The van der Waals surface area contributed by atoms with E-state index in [1.807, 2.05) is 24.3 Å². The van der Waals surface area contributed by atoms with E-state index in [1.165, 1.54) is 11.6 Å². The number of rotatable bonds is 5. The van der Waals surface area contributed by atoms with Gasteiger partial charge in [-0.15, -0.1) is 0 Å². The van der Waals surface area contributed by atoms with E-state index in [4.69, 9.17) is 0 Å². The first-order valence-corrected chi connectivity index (χ1v) is 7.61. The van der Waals surface area contributed by atoms with Crippen LogP contribution in [0.1, 0.15) is 40.9 Å². The maximum absolute atomic E-state index is 12.1. The SMILES string of the molecule is CCc1ccc(/C(C)=N\NC(=O)c2ccc(C)c([N+](=O)[O-])c2)cc1. The van der Waals surface area contributed by atoms with Gasteiger partial charge in [0.2, 0.25) is 0 Å². The Labute approximate surface area is 140 Å². The summed E-state index contributed by atoms with van der Waals surface area (Å²) in [6.07, 6.45) is 0.958. The summed E-state index contributed by atoms with van der Waals surface area (Å²) in [5.74, 6) is -0.484. The number of amides is 1. The minimum atomic E-state index is -0.504. The molecule has 24 heavy (non-hydrogen) atoms. The monoisotopic (exact) mass is 325 g/mol. The quantitative estimate of drug-likeness (QED) is 0.517. The first-order valence-electron chi connectivity index (χ1n) is 7.61. The average molecular weight is 325 g/mol. The zero-order chi connectivity index (χ0) is 17.7. The summed E-state index contributed by atoms with van der Waals surface area (Å²) >= 11 is 0. The maximum atomic E-state index is 12.1. The van der Waals surface area contributed by atoms with Gasteiger partial charge in [-0.25, -0.2) is 5.43 Å². The zero-order valence-electron chi connectivity index (χ0n) is 13.9. The zero-order valence-corrected chi connectivity index (χ0v) is 13.9. The molecule has 0 fully saturated rings. The van der Waals surface area contributed by atoms with E-state index in [9.17, 15) is 14.9 Å². The van der Waals surface area contributed by atoms with E-state index < -0.39 is 10.8 Å². The number of carbonyl (C=O) groups excluding carboxylic acids is 1. The summed E-state index contributed by atoms with van der Waals surface area (Å²) in [6, 6.07) is 12.3. The van der Waals surface area contributed by atoms with E-state index in [2.05, 4.69) is 17.5 Å². The molecule has 0 radical (unpaired) electrons. The van der Waals surface area contributed by atoms with E-state index in [0.29, 0.717) is 11.3 Å². The van der Waals surface area contributed by atoms with Crippen LogP contribution in [0.5, 0.6) is 0 Å². The number of hydrogen-bond acceptors (Lipinski definition) is 4. The molecule has 2 aromatic carbocycles. The number of nitro benzene ring substituents is 1. The highest BCUT2D eigenvalue weighted by Crippen LogP contribution is 2.19. The molecule has 1 N–H and O–H groups in total. The summed E-state index contributed by atoms with van der Waals surface area (Å²) in [6.45, 7) is 5.50. The number of carbonyl (C=O) groups is 1. The second kappa shape index (κ2) is 7.50. The Morgan fingerprint density at radius 1 is 1.17 bits per heavy atom. The van der Waals surface area contributed by atoms with E-state index in [1.54, 1.807) is 26.0 Å². The maximum Gasteiger partial charge on any atom is 0.273 e. The van der Waals surface area contributed by atoms with Gasteiger partial charge in [-0.3, -0.25) is 14.9 Å². The normalized spacial score (nSPS) is 11.2. The van der Waals surface area contributed by atoms with Gasteiger partial charge in [-0.05, 0) is 37.5 Å². The predicted molar refractivity (Wildman–Crippen MR) is 93.3 cm³/mol. The van der Waals surface area contributed by atoms with Crippen LogP contribution < -0.4 is 5.43 Å². The molecular formula is C18H19N3O3. The lowest BCUT2D eigenvalue weighted by molar-refractivity contribution is -0.385. The molecule has 0 heterocycles. The van der Waals surface area contributed by atoms with Crippen molar-refractivity contribution in [2.45, 2.75) is 27.2 Å². The van der Waals surface area contributed by atoms with Crippen molar-refractivity contribution in [3.05, 3.63) is 74.8 Å². The van der Waals surface area contributed by atoms with Crippen molar-refractivity contribution in [3.63, 3.8) is 0 Å². The summed E-state index contributed by atoms with van der Waals surface area (Å²) in [4.78, 5) is 22.6. The number of nitro groups is 1. The Hall–Kier alpha value is -3.02. The number of hydrazone groups is 1. The fourth-order valence-electron chi connectivity index (χ4n) is 2.19. The molecular weight excluding hydrogens is 306 g/mol. The molecule has 1 amide bonds. The molecule has 0 aliphatic carbocycles. The third kappa shape index (κ3) is 4.04. The van der Waals surface area contributed by atoms with Gasteiger partial charge in [-0.1, -0.05) is 37.3 Å². The lowest BCUT2D eigenvalue weighted by atomic mass is 10.1. The van der Waals surface area contributed by atoms with Gasteiger partial charge in [0.05, 0.1) is 10.6 Å². The van der Waals surface area contributed by atoms with Crippen molar-refractivity contribution in [3.8, 4) is 0 Å². The number of nitrogens with one attached hydrogen (secondary N) is 1. The van der Waals surface area contributed by atoms with Crippen molar-refractivity contribution in [2.24, 2.45) is 5.10 Å². The van der Waals surface area contributed by atoms with Crippen LogP contribution in [0.25, 0.3) is 0 Å². The van der Waals surface area contributed by atoms with Crippen LogP contribution in [0.3, 0.4) is 0 Å². The summed E-state index contributed by atoms with van der Waals surface area (Å²) in [5, 5.41) is 15.0. The first-order chi connectivity index (χ1) is 11.4. The average Bonchev–Trinajstić information content (AvgIpc) is 2.59. The first kappa shape index (κ1) is 17.3. The highest BCUT2D eigenvalue weighted by Gasteiger charge is 2.14. The molecule has 0 saturated carbocycles. The fourth-order valence-corrected chi connectivity index (χ4v) is 2.19. The molecule has 0 spiro atoms. The minimum Gasteiger partial charge on any atom is -0.267 e. The van der Waals surface area contributed by atoms with Crippen molar-refractivity contribution in [1.29, 1.82) is 0 Å². The van der Waals surface area contributed by atoms with Gasteiger partial charge in [-0.2, -0.15) is 5.10 Å². The Bertz CT molecular complexity index is 796. The fraction of sp³-hybridized carbons (Fsp3) is 0.222. The van der Waals surface area contributed by atoms with Crippen molar-refractivity contribution in [1.82, 2.24) is 5.43 Å². The molecule has 0 atom stereocenters. The molecule has 2 aromatic rings. The number of hydrogen-bond donors (Lipinski definition) is 1. The third-order valence-corrected chi connectivity index (χ3v) is 3.77. The molecule has 124 valence electrons. The Kier molecular flexibility index (Phi) is 5.42. The highest BCUT2D eigenvalue weighted by molar-refractivity contribution is 6.01. The van der Waals surface area contributed by atoms with Crippen LogP contribution in [-0.2, 0) is 6.42 Å². The standard InChI is InChI=1S/C18H19N3O3/c1-4-14-6-9-15(10-7-14)13(3)19-20-18(22)16-8-5-12(2)17(11-16)21(23)24/h5-11H,4H2,1-3H3,(H,20,22)/b19-13-. The summed E-state index contributed by atoms with van der Waals surface area (Å²) in [5.41, 5.74) is 5.85. The lowest BCUT2D eigenvalue weighted by Gasteiger charge is -2.05. The van der Waals surface area contributed by atoms with E-state index in [-0.39, 0.29) is 11.3 Å². The molecule has 2 rings (SSSR count). The lowest BCUT2D eigenvalue weighted by Crippen LogP contribution is -2.19. The molecule has 0 aromatic heterocycles. The third-order valence-electron chi connectivity index (χ3n) is 3.77. The Morgan fingerprint density at radius 3 is 2.38 bits per heavy atom. The molecule has 0 unspecified atom stereocenters. The van der Waals surface area contributed by atoms with Crippen LogP contribution >= 0.6 is 0 Å². The second-order valence-corrected chi connectivity index (χ2v) is 5.45. The number of nitrogens with zero attached hydrogens (tertiary/aromatic N) is 2. The van der Waals surface area contributed by atoms with Crippen LogP contribution in [0.2, 0.25) is 0 Å². The molecule has 6 heteroatoms. The van der Waals surface area contributed by atoms with Gasteiger partial charge in [0.25, 0.3) is 11.6 Å². The largest absolute Gasteiger partial charge is 0.273 e. The van der Waals surface area contributed by atoms with Crippen molar-refractivity contribution in [2.75, 3.05) is 0 Å². The van der Waals surface area contributed by atoms with Gasteiger partial charge >= 0.3 is 0 Å². The van der Waals surface area contributed by atoms with E-state index in [0.717, 1.165) is 12.0 Å². The van der Waals surface area contributed by atoms with Gasteiger partial charge in [0.1, 0.15) is 0 Å². The topological polar surface area (TPSA) is 84.6 Å². The molecule has 0 aliphatic heterocycles. The van der Waals surface area contributed by atoms with Gasteiger partial charge < -0.3 is 0 Å². The number of aryl methyl sites for hydroxylation is 2. The van der Waals surface area contributed by atoms with Crippen LogP contribution in [0, 0.1) is 17.0 Å². The molecule has 6 nitrogen and oxygen atoms in total. The van der Waals surface area contributed by atoms with E-state index >= 15 is 0 Å². The smallest absolute Gasteiger partial charge is 0.267 e. The number of benzene rings is 2. The summed E-state index contributed by atoms with van der Waals surface area (Å²) in [7, 11) is 0. The Balaban J connectivity index is 2.14. The highest BCUT2D eigenvalue weighted by atomic mass is 16.6. The van der Waals surface area contributed by atoms with Gasteiger partial charge in [0, 0.05) is 17.2 Å². The molecule has 0 aliphatic rings. The molecule has 0 saturated heterocycles. The van der Waals surface area contributed by atoms with Crippen LogP contribution in [0.4, 0.5) is 5.69 Å². The van der Waals surface area contributed by atoms with Crippen LogP contribution in [-0.4, -0.2) is 16.5 Å².